The first-order valence-electron chi connectivity index (χ1n) is 11.6. The second-order valence-corrected chi connectivity index (χ2v) is 9.10. The Morgan fingerprint density at radius 2 is 1.78 bits per heavy atom. The molecule has 7 heteroatoms. The first kappa shape index (κ1) is 22.1. The molecule has 1 aliphatic carbocycles. The summed E-state index contributed by atoms with van der Waals surface area (Å²) in [5.74, 6) is 3.99. The van der Waals surface area contributed by atoms with Crippen molar-refractivity contribution in [3.63, 3.8) is 0 Å². The van der Waals surface area contributed by atoms with Crippen LogP contribution in [-0.2, 0) is 17.6 Å². The number of hydrogen-bond acceptors (Lipinski definition) is 7. The highest BCUT2D eigenvalue weighted by atomic mass is 16.1. The lowest BCUT2D eigenvalue weighted by molar-refractivity contribution is -0.118. The molecular weight excluding hydrogens is 400 g/mol. The van der Waals surface area contributed by atoms with Gasteiger partial charge in [0.05, 0.1) is 6.54 Å². The van der Waals surface area contributed by atoms with E-state index in [2.05, 4.69) is 50.5 Å². The van der Waals surface area contributed by atoms with Crippen LogP contribution in [0.15, 0.2) is 40.9 Å². The van der Waals surface area contributed by atoms with Gasteiger partial charge in [-0.1, -0.05) is 32.9 Å². The van der Waals surface area contributed by atoms with Crippen molar-refractivity contribution in [3.05, 3.63) is 47.3 Å². The molecule has 7 nitrogen and oxygen atoms in total. The third kappa shape index (κ3) is 6.22. The Bertz CT molecular complexity index is 1020. The van der Waals surface area contributed by atoms with E-state index in [1.165, 1.54) is 18.4 Å². The first-order valence-corrected chi connectivity index (χ1v) is 11.6. The van der Waals surface area contributed by atoms with E-state index in [0.29, 0.717) is 36.6 Å². The van der Waals surface area contributed by atoms with Crippen LogP contribution < -0.4 is 10.6 Å². The third-order valence-electron chi connectivity index (χ3n) is 5.51. The Hall–Kier alpha value is -3.09. The van der Waals surface area contributed by atoms with Gasteiger partial charge in [0.25, 0.3) is 0 Å². The molecule has 2 N–H and O–H groups in total. The van der Waals surface area contributed by atoms with Gasteiger partial charge in [0.15, 0.2) is 0 Å². The number of Topliss-reactive ketones (excluding diaryl/α,β-unsaturated/α-hetero) is 1. The molecule has 1 saturated carbocycles. The van der Waals surface area contributed by atoms with Gasteiger partial charge in [-0.25, -0.2) is 0 Å². The van der Waals surface area contributed by atoms with E-state index >= 15 is 0 Å². The van der Waals surface area contributed by atoms with Crippen LogP contribution in [0, 0.1) is 11.8 Å². The average molecular weight is 433 g/mol. The van der Waals surface area contributed by atoms with Crippen LogP contribution >= 0.6 is 0 Å². The van der Waals surface area contributed by atoms with Gasteiger partial charge >= 0.3 is 0 Å². The molecule has 2 aromatic rings. The second-order valence-electron chi connectivity index (χ2n) is 9.10. The molecule has 1 aromatic heterocycles. The summed E-state index contributed by atoms with van der Waals surface area (Å²) < 4.78 is 0. The van der Waals surface area contributed by atoms with Crippen LogP contribution in [0.1, 0.15) is 57.8 Å². The molecular formula is C25H32N6O. The molecule has 0 amide bonds. The molecule has 0 atom stereocenters. The highest BCUT2D eigenvalue weighted by Crippen LogP contribution is 2.37. The van der Waals surface area contributed by atoms with Crippen LogP contribution in [0.25, 0.3) is 0 Å². The molecule has 1 aliphatic heterocycles. The Morgan fingerprint density at radius 1 is 1.06 bits per heavy atom. The van der Waals surface area contributed by atoms with E-state index in [4.69, 9.17) is 0 Å². The Kier molecular flexibility index (Phi) is 6.93. The molecule has 4 rings (SSSR count). The number of hydrogen-bond donors (Lipinski definition) is 2. The summed E-state index contributed by atoms with van der Waals surface area (Å²) in [6, 6.07) is 7.87. The second kappa shape index (κ2) is 10.0. The maximum absolute atomic E-state index is 11.9. The van der Waals surface area contributed by atoms with E-state index in [0.717, 1.165) is 42.3 Å². The van der Waals surface area contributed by atoms with Crippen LogP contribution in [0.5, 0.6) is 0 Å². The van der Waals surface area contributed by atoms with Crippen molar-refractivity contribution >= 4 is 29.2 Å². The van der Waals surface area contributed by atoms with Crippen molar-refractivity contribution in [2.45, 2.75) is 59.3 Å². The minimum absolute atomic E-state index is 0.272. The fraction of sp³-hybridized carbons (Fsp3) is 0.480. The standard InChI is InChI=1S/C25H32N6O/c1-4-5-21(32)13-17-6-10-20(11-7-17)27-24-29-23(12-16(2)3)30-25(31-24)28-22-14-19(15-26-22)18-8-9-18/h6-7,10-11,14,16,18H,4-5,8-9,12-13,15H2,1-3H3,(H2,26,27,28,29,30,31). The predicted octanol–water partition coefficient (Wildman–Crippen LogP) is 4.89. The first-order chi connectivity index (χ1) is 15.5. The lowest BCUT2D eigenvalue weighted by Gasteiger charge is -2.11. The summed E-state index contributed by atoms with van der Waals surface area (Å²) in [5, 5.41) is 6.55. The number of carbonyl (C=O) groups excluding carboxylic acids is 1. The summed E-state index contributed by atoms with van der Waals surface area (Å²) in [6.07, 6.45) is 7.44. The normalized spacial score (nSPS) is 15.5. The van der Waals surface area contributed by atoms with E-state index in [9.17, 15) is 4.79 Å². The van der Waals surface area contributed by atoms with Crippen LogP contribution in [0.4, 0.5) is 17.6 Å². The van der Waals surface area contributed by atoms with Crippen molar-refractivity contribution in [3.8, 4) is 0 Å². The van der Waals surface area contributed by atoms with Crippen LogP contribution in [0.2, 0.25) is 0 Å². The van der Waals surface area contributed by atoms with Crippen molar-refractivity contribution in [2.75, 3.05) is 17.2 Å². The number of anilines is 3. The van der Waals surface area contributed by atoms with Gasteiger partial charge in [0.2, 0.25) is 11.9 Å². The van der Waals surface area contributed by atoms with Crippen molar-refractivity contribution < 1.29 is 4.79 Å². The van der Waals surface area contributed by atoms with Gasteiger partial charge in [-0.2, -0.15) is 15.0 Å². The Morgan fingerprint density at radius 3 is 2.44 bits per heavy atom. The smallest absolute Gasteiger partial charge is 0.233 e. The zero-order chi connectivity index (χ0) is 22.5. The van der Waals surface area contributed by atoms with E-state index < -0.39 is 0 Å². The van der Waals surface area contributed by atoms with E-state index in [1.807, 2.05) is 31.2 Å². The van der Waals surface area contributed by atoms with E-state index in [1.54, 1.807) is 0 Å². The monoisotopic (exact) mass is 432 g/mol. The maximum atomic E-state index is 11.9. The summed E-state index contributed by atoms with van der Waals surface area (Å²) in [6.45, 7) is 7.09. The van der Waals surface area contributed by atoms with Crippen LogP contribution in [0.3, 0.4) is 0 Å². The summed E-state index contributed by atoms with van der Waals surface area (Å²) in [7, 11) is 0. The fourth-order valence-corrected chi connectivity index (χ4v) is 3.75. The lowest BCUT2D eigenvalue weighted by Crippen LogP contribution is -2.14. The number of nitrogens with zero attached hydrogens (tertiary/aromatic N) is 4. The zero-order valence-corrected chi connectivity index (χ0v) is 19.2. The third-order valence-corrected chi connectivity index (χ3v) is 5.51. The molecule has 0 spiro atoms. The Labute approximate surface area is 189 Å². The number of nitrogens with one attached hydrogen (secondary N) is 2. The molecule has 1 fully saturated rings. The molecule has 2 heterocycles. The van der Waals surface area contributed by atoms with Crippen LogP contribution in [-0.4, -0.2) is 33.1 Å². The SMILES string of the molecule is CCCC(=O)Cc1ccc(Nc2nc(CC(C)C)nc(NC3=NCC(C4CC4)=C3)n2)cc1. The predicted molar refractivity (Wildman–Crippen MR) is 128 cm³/mol. The molecule has 0 radical (unpaired) electrons. The molecule has 0 bridgehead atoms. The topological polar surface area (TPSA) is 92.2 Å². The van der Waals surface area contributed by atoms with Gasteiger partial charge in [0, 0.05) is 24.9 Å². The van der Waals surface area contributed by atoms with Gasteiger partial charge in [0.1, 0.15) is 17.4 Å². The van der Waals surface area contributed by atoms with Gasteiger partial charge in [-0.3, -0.25) is 9.79 Å². The summed E-state index contributed by atoms with van der Waals surface area (Å²) in [4.78, 5) is 30.3. The van der Waals surface area contributed by atoms with Crippen molar-refractivity contribution in [1.82, 2.24) is 15.0 Å². The molecule has 168 valence electrons. The maximum Gasteiger partial charge on any atom is 0.233 e. The fourth-order valence-electron chi connectivity index (χ4n) is 3.75. The van der Waals surface area contributed by atoms with Gasteiger partial charge < -0.3 is 10.6 Å². The number of aromatic nitrogens is 3. The minimum atomic E-state index is 0.272. The molecule has 0 saturated heterocycles. The Balaban J connectivity index is 1.47. The molecule has 1 aromatic carbocycles. The number of benzene rings is 1. The number of ketones is 1. The number of amidine groups is 1. The average Bonchev–Trinajstić information content (AvgIpc) is 3.48. The minimum Gasteiger partial charge on any atom is -0.324 e. The largest absolute Gasteiger partial charge is 0.324 e. The molecule has 2 aliphatic rings. The highest BCUT2D eigenvalue weighted by Gasteiger charge is 2.28. The van der Waals surface area contributed by atoms with Gasteiger partial charge in [-0.05, 0) is 60.4 Å². The van der Waals surface area contributed by atoms with Crippen molar-refractivity contribution in [1.29, 1.82) is 0 Å². The quantitative estimate of drug-likeness (QED) is 0.556. The summed E-state index contributed by atoms with van der Waals surface area (Å²) in [5.41, 5.74) is 3.29. The van der Waals surface area contributed by atoms with E-state index in [-0.39, 0.29) is 5.78 Å². The lowest BCUT2D eigenvalue weighted by atomic mass is 10.1. The molecule has 0 unspecified atom stereocenters. The summed E-state index contributed by atoms with van der Waals surface area (Å²) >= 11 is 0. The number of aliphatic imine (C=N–C) groups is 1. The molecule has 32 heavy (non-hydrogen) atoms. The highest BCUT2D eigenvalue weighted by molar-refractivity contribution is 6.04. The van der Waals surface area contributed by atoms with Crippen molar-refractivity contribution in [2.24, 2.45) is 16.8 Å². The number of carbonyl (C=O) groups is 1. The zero-order valence-electron chi connectivity index (χ0n) is 19.2. The number of rotatable bonds is 10. The van der Waals surface area contributed by atoms with Gasteiger partial charge in [-0.15, -0.1) is 0 Å².